The van der Waals surface area contributed by atoms with Crippen LogP contribution in [0.5, 0.6) is 0 Å². The first kappa shape index (κ1) is 13.3. The van der Waals surface area contributed by atoms with Crippen molar-refractivity contribution in [2.24, 2.45) is 0 Å². The fraction of sp³-hybridized carbons (Fsp3) is 0.214. The third-order valence-corrected chi connectivity index (χ3v) is 4.54. The third kappa shape index (κ3) is 3.00. The summed E-state index contributed by atoms with van der Waals surface area (Å²) >= 11 is 4.99. The van der Waals surface area contributed by atoms with Crippen molar-refractivity contribution in [2.75, 3.05) is 0 Å². The summed E-state index contributed by atoms with van der Waals surface area (Å²) in [6, 6.07) is 11.6. The van der Waals surface area contributed by atoms with Gasteiger partial charge in [0.2, 0.25) is 0 Å². The number of thiophene rings is 1. The molecule has 0 amide bonds. The van der Waals surface area contributed by atoms with Gasteiger partial charge in [-0.15, -0.1) is 11.3 Å². The Morgan fingerprint density at radius 1 is 1.33 bits per heavy atom. The van der Waals surface area contributed by atoms with Gasteiger partial charge in [0, 0.05) is 4.88 Å². The Balaban J connectivity index is 2.30. The molecule has 0 aliphatic carbocycles. The summed E-state index contributed by atoms with van der Waals surface area (Å²) in [6.07, 6.45) is 0.538. The van der Waals surface area contributed by atoms with Crippen LogP contribution in [-0.2, 0) is 11.2 Å². The zero-order chi connectivity index (χ0) is 13.1. The molecular weight excluding hydrogens is 312 g/mol. The van der Waals surface area contributed by atoms with Gasteiger partial charge in [0.25, 0.3) is 0 Å². The van der Waals surface area contributed by atoms with E-state index in [0.29, 0.717) is 6.42 Å². The van der Waals surface area contributed by atoms with Gasteiger partial charge in [-0.25, -0.2) is 0 Å². The van der Waals surface area contributed by atoms with E-state index < -0.39 is 11.9 Å². The molecule has 0 saturated heterocycles. The fourth-order valence-corrected chi connectivity index (χ4v) is 3.50. The molecule has 4 heteroatoms. The molecular formula is C14H13BrO2S. The van der Waals surface area contributed by atoms with Crippen molar-refractivity contribution in [3.63, 3.8) is 0 Å². The van der Waals surface area contributed by atoms with Crippen LogP contribution in [0.25, 0.3) is 0 Å². The zero-order valence-corrected chi connectivity index (χ0v) is 12.3. The fourth-order valence-electron chi connectivity index (χ4n) is 1.97. The molecule has 0 radical (unpaired) electrons. The molecule has 18 heavy (non-hydrogen) atoms. The second-order valence-corrected chi connectivity index (χ2v) is 6.70. The lowest BCUT2D eigenvalue weighted by Gasteiger charge is -2.14. The summed E-state index contributed by atoms with van der Waals surface area (Å²) in [7, 11) is 0. The highest BCUT2D eigenvalue weighted by atomic mass is 79.9. The van der Waals surface area contributed by atoms with Gasteiger partial charge in [0.15, 0.2) is 0 Å². The Morgan fingerprint density at radius 3 is 2.61 bits per heavy atom. The van der Waals surface area contributed by atoms with E-state index in [-0.39, 0.29) is 0 Å². The first-order chi connectivity index (χ1) is 8.58. The van der Waals surface area contributed by atoms with Crippen LogP contribution < -0.4 is 0 Å². The normalized spacial score (nSPS) is 12.3. The Labute approximate surface area is 118 Å². The second kappa shape index (κ2) is 5.67. The number of carboxylic acid groups (broad SMARTS) is 1. The highest BCUT2D eigenvalue weighted by Gasteiger charge is 2.22. The summed E-state index contributed by atoms with van der Waals surface area (Å²) in [6.45, 7) is 1.95. The van der Waals surface area contributed by atoms with Gasteiger partial charge in [-0.2, -0.15) is 0 Å². The lowest BCUT2D eigenvalue weighted by molar-refractivity contribution is -0.138. The highest BCUT2D eigenvalue weighted by Crippen LogP contribution is 2.29. The van der Waals surface area contributed by atoms with Crippen LogP contribution in [0.2, 0.25) is 0 Å². The molecule has 2 nitrogen and oxygen atoms in total. The van der Waals surface area contributed by atoms with Crippen LogP contribution >= 0.6 is 27.3 Å². The molecule has 0 saturated carbocycles. The van der Waals surface area contributed by atoms with Gasteiger partial charge in [-0.05, 0) is 52.5 Å². The molecule has 94 valence electrons. The topological polar surface area (TPSA) is 37.3 Å². The molecule has 2 rings (SSSR count). The van der Waals surface area contributed by atoms with Crippen molar-refractivity contribution < 1.29 is 9.90 Å². The van der Waals surface area contributed by atoms with E-state index in [0.717, 1.165) is 19.8 Å². The lowest BCUT2D eigenvalue weighted by Crippen LogP contribution is -2.15. The molecule has 0 aliphatic rings. The van der Waals surface area contributed by atoms with Crippen LogP contribution in [0.15, 0.2) is 40.2 Å². The molecule has 1 heterocycles. The van der Waals surface area contributed by atoms with Gasteiger partial charge in [0.1, 0.15) is 0 Å². The van der Waals surface area contributed by atoms with Gasteiger partial charge in [0.05, 0.1) is 9.70 Å². The average molecular weight is 325 g/mol. The molecule has 0 bridgehead atoms. The van der Waals surface area contributed by atoms with Crippen LogP contribution in [0, 0.1) is 6.92 Å². The van der Waals surface area contributed by atoms with Gasteiger partial charge >= 0.3 is 5.97 Å². The van der Waals surface area contributed by atoms with E-state index in [2.05, 4.69) is 15.9 Å². The number of halogens is 1. The maximum Gasteiger partial charge on any atom is 0.311 e. The number of carboxylic acids is 1. The molecule has 1 unspecified atom stereocenters. The van der Waals surface area contributed by atoms with Crippen molar-refractivity contribution in [3.05, 3.63) is 56.2 Å². The first-order valence-electron chi connectivity index (χ1n) is 5.60. The van der Waals surface area contributed by atoms with Crippen LogP contribution in [0.3, 0.4) is 0 Å². The summed E-state index contributed by atoms with van der Waals surface area (Å²) in [5.41, 5.74) is 1.93. The van der Waals surface area contributed by atoms with Crippen LogP contribution in [-0.4, -0.2) is 11.1 Å². The minimum absolute atomic E-state index is 0.475. The van der Waals surface area contributed by atoms with Gasteiger partial charge < -0.3 is 5.11 Å². The largest absolute Gasteiger partial charge is 0.481 e. The minimum Gasteiger partial charge on any atom is -0.481 e. The van der Waals surface area contributed by atoms with E-state index in [1.54, 1.807) is 11.3 Å². The smallest absolute Gasteiger partial charge is 0.311 e. The SMILES string of the molecule is Cc1ccccc1C(Cc1ccc(Br)s1)C(=O)O. The maximum absolute atomic E-state index is 11.5. The van der Waals surface area contributed by atoms with E-state index >= 15 is 0 Å². The number of rotatable bonds is 4. The zero-order valence-electron chi connectivity index (χ0n) is 9.89. The van der Waals surface area contributed by atoms with Crippen molar-refractivity contribution in [2.45, 2.75) is 19.3 Å². The van der Waals surface area contributed by atoms with Crippen LogP contribution in [0.1, 0.15) is 21.9 Å². The minimum atomic E-state index is -0.770. The Kier molecular flexibility index (Phi) is 4.19. The van der Waals surface area contributed by atoms with Crippen molar-refractivity contribution >= 4 is 33.2 Å². The van der Waals surface area contributed by atoms with E-state index in [1.807, 2.05) is 43.3 Å². The third-order valence-electron chi connectivity index (χ3n) is 2.90. The van der Waals surface area contributed by atoms with Gasteiger partial charge in [-0.1, -0.05) is 24.3 Å². The molecule has 0 aliphatic heterocycles. The number of hydrogen-bond acceptors (Lipinski definition) is 2. The van der Waals surface area contributed by atoms with Crippen molar-refractivity contribution in [3.8, 4) is 0 Å². The Hall–Kier alpha value is -1.13. The summed E-state index contributed by atoms with van der Waals surface area (Å²) < 4.78 is 1.03. The Bertz CT molecular complexity index is 562. The monoisotopic (exact) mass is 324 g/mol. The van der Waals surface area contributed by atoms with Crippen molar-refractivity contribution in [1.82, 2.24) is 0 Å². The summed E-state index contributed by atoms with van der Waals surface area (Å²) in [4.78, 5) is 12.5. The first-order valence-corrected chi connectivity index (χ1v) is 7.21. The van der Waals surface area contributed by atoms with E-state index in [9.17, 15) is 9.90 Å². The second-order valence-electron chi connectivity index (χ2n) is 4.16. The number of aryl methyl sites for hydroxylation is 1. The molecule has 0 fully saturated rings. The van der Waals surface area contributed by atoms with E-state index in [4.69, 9.17) is 0 Å². The predicted molar refractivity (Wildman–Crippen MR) is 77.3 cm³/mol. The number of hydrogen-bond donors (Lipinski definition) is 1. The van der Waals surface area contributed by atoms with Crippen LogP contribution in [0.4, 0.5) is 0 Å². The van der Waals surface area contributed by atoms with E-state index in [1.165, 1.54) is 0 Å². The average Bonchev–Trinajstić information content (AvgIpc) is 2.73. The predicted octanol–water partition coefficient (Wildman–Crippen LogP) is 4.23. The maximum atomic E-state index is 11.5. The molecule has 1 N–H and O–H groups in total. The molecule has 1 atom stereocenters. The Morgan fingerprint density at radius 2 is 2.06 bits per heavy atom. The molecule has 2 aromatic rings. The molecule has 1 aromatic heterocycles. The quantitative estimate of drug-likeness (QED) is 0.913. The molecule has 0 spiro atoms. The number of carbonyl (C=O) groups is 1. The highest BCUT2D eigenvalue weighted by molar-refractivity contribution is 9.11. The lowest BCUT2D eigenvalue weighted by atomic mass is 9.91. The standard InChI is InChI=1S/C14H13BrO2S/c1-9-4-2-3-5-11(9)12(14(16)17)8-10-6-7-13(15)18-10/h2-7,12H,8H2,1H3,(H,16,17). The van der Waals surface area contributed by atoms with Crippen molar-refractivity contribution in [1.29, 1.82) is 0 Å². The number of aliphatic carboxylic acids is 1. The molecule has 1 aromatic carbocycles. The summed E-state index contributed by atoms with van der Waals surface area (Å²) in [5.74, 6) is -1.24. The number of benzene rings is 1. The summed E-state index contributed by atoms with van der Waals surface area (Å²) in [5, 5.41) is 9.41. The van der Waals surface area contributed by atoms with Gasteiger partial charge in [-0.3, -0.25) is 4.79 Å².